The fraction of sp³-hybridized carbons (Fsp3) is 0.120. The second-order valence-electron chi connectivity index (χ2n) is 7.94. The van der Waals surface area contributed by atoms with E-state index in [9.17, 15) is 18.0 Å². The normalized spacial score (nSPS) is 11.3. The van der Waals surface area contributed by atoms with Gasteiger partial charge < -0.3 is 10.1 Å². The Labute approximate surface area is 213 Å². The van der Waals surface area contributed by atoms with Crippen LogP contribution in [0.5, 0.6) is 5.75 Å². The number of nitrogens with one attached hydrogen (secondary N) is 1. The van der Waals surface area contributed by atoms with E-state index in [0.29, 0.717) is 11.3 Å². The minimum absolute atomic E-state index is 0.0241. The molecule has 188 valence electrons. The van der Waals surface area contributed by atoms with Crippen molar-refractivity contribution in [3.05, 3.63) is 94.7 Å². The summed E-state index contributed by atoms with van der Waals surface area (Å²) in [4.78, 5) is 17.5. The number of methoxy groups -OCH3 is 1. The van der Waals surface area contributed by atoms with Crippen LogP contribution in [0.15, 0.2) is 67.0 Å². The van der Waals surface area contributed by atoms with Gasteiger partial charge in [-0.2, -0.15) is 10.2 Å². The van der Waals surface area contributed by atoms with Gasteiger partial charge in [-0.1, -0.05) is 17.7 Å². The van der Waals surface area contributed by atoms with E-state index in [2.05, 4.69) is 20.5 Å². The Morgan fingerprint density at radius 2 is 1.95 bits per heavy atom. The molecule has 0 atom stereocenters. The van der Waals surface area contributed by atoms with E-state index in [1.165, 1.54) is 36.1 Å². The molecule has 5 aromatic rings. The van der Waals surface area contributed by atoms with Gasteiger partial charge in [-0.05, 0) is 42.5 Å². The first-order valence-corrected chi connectivity index (χ1v) is 11.3. The second-order valence-corrected chi connectivity index (χ2v) is 8.35. The monoisotopic (exact) mass is 526 g/mol. The van der Waals surface area contributed by atoms with Crippen molar-refractivity contribution in [2.75, 3.05) is 12.4 Å². The van der Waals surface area contributed by atoms with Gasteiger partial charge in [0.05, 0.1) is 25.5 Å². The van der Waals surface area contributed by atoms with E-state index in [1.807, 2.05) is 0 Å². The molecule has 12 heteroatoms. The number of carbonyl (C=O) groups is 1. The molecule has 3 aromatic heterocycles. The molecule has 0 spiro atoms. The smallest absolute Gasteiger partial charge is 0.280 e. The maximum atomic E-state index is 14.1. The average molecular weight is 527 g/mol. The number of rotatable bonds is 7. The number of nitrogens with zero attached hydrogens (tertiary/aromatic N) is 5. The molecule has 0 bridgehead atoms. The lowest BCUT2D eigenvalue weighted by Crippen LogP contribution is -2.14. The average Bonchev–Trinajstić information content (AvgIpc) is 3.52. The summed E-state index contributed by atoms with van der Waals surface area (Å²) in [6.45, 7) is 0.0443. The zero-order valence-electron chi connectivity index (χ0n) is 19.2. The van der Waals surface area contributed by atoms with Crippen LogP contribution in [0.1, 0.15) is 28.0 Å². The third-order valence-electron chi connectivity index (χ3n) is 5.62. The van der Waals surface area contributed by atoms with Gasteiger partial charge in [0.2, 0.25) is 0 Å². The third-order valence-corrected chi connectivity index (χ3v) is 5.97. The van der Waals surface area contributed by atoms with Gasteiger partial charge in [-0.15, -0.1) is 0 Å². The van der Waals surface area contributed by atoms with Crippen LogP contribution in [0.3, 0.4) is 0 Å². The van der Waals surface area contributed by atoms with Crippen LogP contribution in [0.2, 0.25) is 5.02 Å². The molecule has 1 N–H and O–H groups in total. The van der Waals surface area contributed by atoms with E-state index in [4.69, 9.17) is 16.3 Å². The molecular weight excluding hydrogens is 509 g/mol. The highest BCUT2D eigenvalue weighted by atomic mass is 35.5. The van der Waals surface area contributed by atoms with Crippen molar-refractivity contribution in [1.29, 1.82) is 0 Å². The number of amides is 1. The van der Waals surface area contributed by atoms with Gasteiger partial charge in [-0.25, -0.2) is 22.7 Å². The van der Waals surface area contributed by atoms with Gasteiger partial charge in [-0.3, -0.25) is 9.48 Å². The number of hydrogen-bond acceptors (Lipinski definition) is 5. The third kappa shape index (κ3) is 4.85. The van der Waals surface area contributed by atoms with Crippen molar-refractivity contribution in [1.82, 2.24) is 24.4 Å². The molecule has 5 rings (SSSR count). The highest BCUT2D eigenvalue weighted by molar-refractivity contribution is 6.31. The maximum absolute atomic E-state index is 14.1. The standard InChI is InChI=1S/C25H18ClF3N6O2/c1-37-15-7-5-14(6-8-15)20-11-21(23(28)29)35-24(31-20)16(12-30-35)25(36)32-22-9-10-34(33-22)13-17-18(26)3-2-4-19(17)27/h2-12,23H,13H2,1H3,(H,32,33,36). The summed E-state index contributed by atoms with van der Waals surface area (Å²) in [5.74, 6) is -0.366. The molecule has 37 heavy (non-hydrogen) atoms. The number of aromatic nitrogens is 5. The van der Waals surface area contributed by atoms with Gasteiger partial charge in [0.1, 0.15) is 22.8 Å². The van der Waals surface area contributed by atoms with E-state index in [0.717, 1.165) is 10.7 Å². The number of halogens is 4. The number of alkyl halides is 2. The number of benzene rings is 2. The van der Waals surface area contributed by atoms with Crippen molar-refractivity contribution in [2.45, 2.75) is 13.0 Å². The van der Waals surface area contributed by atoms with E-state index in [-0.39, 0.29) is 39.9 Å². The van der Waals surface area contributed by atoms with Crippen LogP contribution in [0.25, 0.3) is 16.9 Å². The first-order valence-electron chi connectivity index (χ1n) is 10.9. The predicted octanol–water partition coefficient (Wildman–Crippen LogP) is 5.63. The molecule has 8 nitrogen and oxygen atoms in total. The summed E-state index contributed by atoms with van der Waals surface area (Å²) in [6.07, 6.45) is -0.153. The summed E-state index contributed by atoms with van der Waals surface area (Å²) in [6, 6.07) is 13.8. The minimum atomic E-state index is -2.86. The van der Waals surface area contributed by atoms with E-state index >= 15 is 0 Å². The fourth-order valence-corrected chi connectivity index (χ4v) is 3.98. The van der Waals surface area contributed by atoms with Gasteiger partial charge in [0.25, 0.3) is 12.3 Å². The van der Waals surface area contributed by atoms with Crippen LogP contribution in [0, 0.1) is 5.82 Å². The number of carbonyl (C=O) groups excluding carboxylic acids is 1. The summed E-state index contributed by atoms with van der Waals surface area (Å²) >= 11 is 6.07. The number of ether oxygens (including phenoxy) is 1. The van der Waals surface area contributed by atoms with Crippen molar-refractivity contribution in [2.24, 2.45) is 0 Å². The number of hydrogen-bond donors (Lipinski definition) is 1. The summed E-state index contributed by atoms with van der Waals surface area (Å²) in [5, 5.41) is 11.0. The summed E-state index contributed by atoms with van der Waals surface area (Å²) in [7, 11) is 1.52. The van der Waals surface area contributed by atoms with Crippen molar-refractivity contribution < 1.29 is 22.7 Å². The van der Waals surface area contributed by atoms with E-state index < -0.39 is 23.8 Å². The molecule has 2 aromatic carbocycles. The molecule has 0 radical (unpaired) electrons. The zero-order valence-corrected chi connectivity index (χ0v) is 20.0. The first kappa shape index (κ1) is 24.3. The summed E-state index contributed by atoms with van der Waals surface area (Å²) < 4.78 is 49.3. The molecule has 0 saturated carbocycles. The first-order chi connectivity index (χ1) is 17.8. The molecule has 0 fully saturated rings. The molecule has 0 unspecified atom stereocenters. The summed E-state index contributed by atoms with van der Waals surface area (Å²) in [5.41, 5.74) is 0.570. The van der Waals surface area contributed by atoms with Crippen molar-refractivity contribution in [3.63, 3.8) is 0 Å². The van der Waals surface area contributed by atoms with Crippen molar-refractivity contribution in [3.8, 4) is 17.0 Å². The SMILES string of the molecule is COc1ccc(-c2cc(C(F)F)n3ncc(C(=O)Nc4ccn(Cc5c(F)cccc5Cl)n4)c3n2)cc1. The van der Waals surface area contributed by atoms with Crippen LogP contribution >= 0.6 is 11.6 Å². The topological polar surface area (TPSA) is 86.3 Å². The Morgan fingerprint density at radius 1 is 1.16 bits per heavy atom. The highest BCUT2D eigenvalue weighted by Gasteiger charge is 2.22. The van der Waals surface area contributed by atoms with Crippen LogP contribution in [-0.4, -0.2) is 37.4 Å². The Bertz CT molecular complexity index is 1580. The zero-order chi connectivity index (χ0) is 26.1. The number of anilines is 1. The Kier molecular flexibility index (Phi) is 6.53. The molecule has 1 amide bonds. The quantitative estimate of drug-likeness (QED) is 0.297. The predicted molar refractivity (Wildman–Crippen MR) is 131 cm³/mol. The molecule has 3 heterocycles. The molecule has 0 aliphatic heterocycles. The Morgan fingerprint density at radius 3 is 2.65 bits per heavy atom. The lowest BCUT2D eigenvalue weighted by atomic mass is 10.1. The van der Waals surface area contributed by atoms with Gasteiger partial charge in [0.15, 0.2) is 11.5 Å². The van der Waals surface area contributed by atoms with Crippen LogP contribution in [-0.2, 0) is 6.54 Å². The lowest BCUT2D eigenvalue weighted by molar-refractivity contribution is 0.102. The highest BCUT2D eigenvalue weighted by Crippen LogP contribution is 2.28. The molecule has 0 saturated heterocycles. The van der Waals surface area contributed by atoms with Gasteiger partial charge >= 0.3 is 0 Å². The van der Waals surface area contributed by atoms with Crippen LogP contribution in [0.4, 0.5) is 19.0 Å². The number of fused-ring (bicyclic) bond motifs is 1. The fourth-order valence-electron chi connectivity index (χ4n) is 3.76. The minimum Gasteiger partial charge on any atom is -0.497 e. The lowest BCUT2D eigenvalue weighted by Gasteiger charge is -2.09. The molecule has 0 aliphatic carbocycles. The van der Waals surface area contributed by atoms with Gasteiger partial charge in [0, 0.05) is 28.4 Å². The van der Waals surface area contributed by atoms with E-state index in [1.54, 1.807) is 36.5 Å². The molecular formula is C25H18ClF3N6O2. The largest absolute Gasteiger partial charge is 0.497 e. The maximum Gasteiger partial charge on any atom is 0.280 e. The van der Waals surface area contributed by atoms with Crippen LogP contribution < -0.4 is 10.1 Å². The Balaban J connectivity index is 1.44. The van der Waals surface area contributed by atoms with Crippen molar-refractivity contribution >= 4 is 29.0 Å². The molecule has 0 aliphatic rings. The Hall–Kier alpha value is -4.38. The second kappa shape index (κ2) is 9.94.